The van der Waals surface area contributed by atoms with Gasteiger partial charge < -0.3 is 10.1 Å². The Morgan fingerprint density at radius 3 is 2.77 bits per heavy atom. The Labute approximate surface area is 229 Å². The molecule has 0 amide bonds. The molecule has 4 rings (SSSR count). The summed E-state index contributed by atoms with van der Waals surface area (Å²) in [5.74, 6) is 1.23. The van der Waals surface area contributed by atoms with Gasteiger partial charge in [-0.25, -0.2) is 8.96 Å². The molecule has 0 spiro atoms. The fraction of sp³-hybridized carbons (Fsp3) is 0.483. The fourth-order valence-corrected chi connectivity index (χ4v) is 4.95. The Kier molecular flexibility index (Phi) is 9.06. The zero-order valence-corrected chi connectivity index (χ0v) is 23.4. The molecule has 0 aliphatic carbocycles. The van der Waals surface area contributed by atoms with Gasteiger partial charge in [0.15, 0.2) is 25.5 Å². The molecule has 0 radical (unpaired) electrons. The molecule has 1 fully saturated rings. The summed E-state index contributed by atoms with van der Waals surface area (Å²) in [5.41, 5.74) is 0.748. The Morgan fingerprint density at radius 2 is 2.13 bits per heavy atom. The average Bonchev–Trinajstić information content (AvgIpc) is 3.32. The first-order chi connectivity index (χ1) is 18.7. The topological polar surface area (TPSA) is 79.2 Å². The SMILES string of the molecule is C=CC(=CC(=CC)c1ncc(OCC2(F)CCNCC2)c[n+]1C)Cc1nn(C2C=[N+](C)N(CC)C2)ccc1=O. The van der Waals surface area contributed by atoms with Crippen molar-refractivity contribution in [1.29, 1.82) is 0 Å². The number of likely N-dealkylation sites (N-methyl/N-ethyl adjacent to an activating group) is 1. The van der Waals surface area contributed by atoms with Gasteiger partial charge in [-0.05, 0) is 56.4 Å². The molecular formula is C29H40FN7O2+2. The molecule has 1 N–H and O–H groups in total. The molecule has 10 heteroatoms. The fourth-order valence-electron chi connectivity index (χ4n) is 4.95. The van der Waals surface area contributed by atoms with Crippen molar-refractivity contribution in [3.05, 3.63) is 76.8 Å². The molecule has 2 aromatic rings. The molecule has 4 heterocycles. The minimum atomic E-state index is -1.32. The number of halogens is 1. The number of hydrazone groups is 1. The summed E-state index contributed by atoms with van der Waals surface area (Å²) in [7, 11) is 3.89. The monoisotopic (exact) mass is 537 g/mol. The van der Waals surface area contributed by atoms with E-state index in [1.54, 1.807) is 24.5 Å². The third-order valence-electron chi connectivity index (χ3n) is 7.35. The maximum atomic E-state index is 14.9. The van der Waals surface area contributed by atoms with Crippen LogP contribution in [0.2, 0.25) is 0 Å². The smallest absolute Gasteiger partial charge is 0.329 e. The number of nitrogens with one attached hydrogen (secondary N) is 1. The zero-order chi connectivity index (χ0) is 28.0. The summed E-state index contributed by atoms with van der Waals surface area (Å²) in [4.78, 5) is 17.3. The van der Waals surface area contributed by atoms with Crippen LogP contribution in [0.25, 0.3) is 5.57 Å². The van der Waals surface area contributed by atoms with Crippen molar-refractivity contribution in [3.8, 4) is 5.75 Å². The van der Waals surface area contributed by atoms with Gasteiger partial charge in [-0.3, -0.25) is 9.48 Å². The van der Waals surface area contributed by atoms with Crippen LogP contribution < -0.4 is 20.0 Å². The van der Waals surface area contributed by atoms with Crippen molar-refractivity contribution in [3.63, 3.8) is 0 Å². The third-order valence-corrected chi connectivity index (χ3v) is 7.35. The molecule has 208 valence electrons. The number of piperidine rings is 1. The van der Waals surface area contributed by atoms with Gasteiger partial charge in [0.2, 0.25) is 11.2 Å². The summed E-state index contributed by atoms with van der Waals surface area (Å²) in [5, 5.41) is 10.1. The molecule has 2 aromatic heterocycles. The highest BCUT2D eigenvalue weighted by atomic mass is 19.1. The Morgan fingerprint density at radius 1 is 1.36 bits per heavy atom. The average molecular weight is 538 g/mol. The molecule has 1 saturated heterocycles. The normalized spacial score (nSPS) is 19.7. The molecule has 0 bridgehead atoms. The van der Waals surface area contributed by atoms with Gasteiger partial charge in [0.1, 0.15) is 30.7 Å². The van der Waals surface area contributed by atoms with E-state index in [-0.39, 0.29) is 18.1 Å². The van der Waals surface area contributed by atoms with E-state index in [9.17, 15) is 9.18 Å². The van der Waals surface area contributed by atoms with E-state index >= 15 is 0 Å². The van der Waals surface area contributed by atoms with Crippen molar-refractivity contribution >= 4 is 11.8 Å². The van der Waals surface area contributed by atoms with Crippen LogP contribution in [-0.4, -0.2) is 76.2 Å². The highest BCUT2D eigenvalue weighted by Crippen LogP contribution is 2.24. The van der Waals surface area contributed by atoms with Gasteiger partial charge in [-0.2, -0.15) is 10.1 Å². The number of rotatable bonds is 10. The molecule has 1 unspecified atom stereocenters. The first-order valence-electron chi connectivity index (χ1n) is 13.5. The first kappa shape index (κ1) is 28.4. The molecule has 0 saturated carbocycles. The number of alkyl halides is 1. The Hall–Kier alpha value is -3.66. The quantitative estimate of drug-likeness (QED) is 0.370. The van der Waals surface area contributed by atoms with Crippen molar-refractivity contribution < 1.29 is 18.4 Å². The largest absolute Gasteiger partial charge is 0.483 e. The van der Waals surface area contributed by atoms with E-state index < -0.39 is 5.67 Å². The molecule has 2 aliphatic rings. The standard InChI is InChI=1S/C29H40FN7O2/c1-6-22(16-26-27(38)9-14-37(33-26)24-18-35(5)36(8-3)19-24)15-23(7-2)28-32-17-25(20-34(28)4)39-21-29(30)10-12-31-13-11-29/h6-7,9,14-15,17-18,20,24,31H,1,8,10-13,16,19,21H2,2-5H3/q+2. The van der Waals surface area contributed by atoms with Gasteiger partial charge in [0.25, 0.3) is 0 Å². The molecule has 0 aromatic carbocycles. The second-order valence-electron chi connectivity index (χ2n) is 10.2. The third kappa shape index (κ3) is 6.86. The highest BCUT2D eigenvalue weighted by molar-refractivity contribution is 5.69. The minimum Gasteiger partial charge on any atom is -0.483 e. The summed E-state index contributed by atoms with van der Waals surface area (Å²) >= 11 is 0. The minimum absolute atomic E-state index is 0.0136. The predicted octanol–water partition coefficient (Wildman–Crippen LogP) is 2.20. The molecule has 1 atom stereocenters. The maximum Gasteiger partial charge on any atom is 0.329 e. The summed E-state index contributed by atoms with van der Waals surface area (Å²) in [6.45, 7) is 11.1. The van der Waals surface area contributed by atoms with Gasteiger partial charge >= 0.3 is 5.82 Å². The van der Waals surface area contributed by atoms with E-state index in [1.165, 1.54) is 0 Å². The van der Waals surface area contributed by atoms with Gasteiger partial charge in [0, 0.05) is 18.7 Å². The number of hydrazine groups is 1. The maximum absolute atomic E-state index is 14.9. The van der Waals surface area contributed by atoms with Crippen LogP contribution in [-0.2, 0) is 13.5 Å². The van der Waals surface area contributed by atoms with Crippen LogP contribution >= 0.6 is 0 Å². The molecular weight excluding hydrogens is 497 g/mol. The van der Waals surface area contributed by atoms with Gasteiger partial charge in [0.05, 0.1) is 19.2 Å². The van der Waals surface area contributed by atoms with E-state index in [2.05, 4.69) is 44.8 Å². The number of nitrogens with zero attached hydrogens (tertiary/aromatic N) is 6. The summed E-state index contributed by atoms with van der Waals surface area (Å²) < 4.78 is 26.5. The van der Waals surface area contributed by atoms with Crippen LogP contribution in [0.1, 0.15) is 44.2 Å². The number of ether oxygens (including phenoxy) is 1. The first-order valence-corrected chi connectivity index (χ1v) is 13.5. The van der Waals surface area contributed by atoms with Crippen molar-refractivity contribution in [2.24, 2.45) is 7.05 Å². The summed E-state index contributed by atoms with van der Waals surface area (Å²) in [6.07, 6.45) is 14.2. The van der Waals surface area contributed by atoms with Crippen LogP contribution in [0.4, 0.5) is 4.39 Å². The second-order valence-corrected chi connectivity index (χ2v) is 10.2. The van der Waals surface area contributed by atoms with E-state index in [0.29, 0.717) is 49.6 Å². The highest BCUT2D eigenvalue weighted by Gasteiger charge is 2.33. The number of aryl methyl sites for hydroxylation is 1. The molecule has 39 heavy (non-hydrogen) atoms. The number of hydrogen-bond acceptors (Lipinski definition) is 6. The Bertz CT molecular complexity index is 1340. The Balaban J connectivity index is 1.49. The lowest BCUT2D eigenvalue weighted by Crippen LogP contribution is -2.43. The van der Waals surface area contributed by atoms with Crippen LogP contribution in [0.3, 0.4) is 0 Å². The van der Waals surface area contributed by atoms with Gasteiger partial charge in [-0.1, -0.05) is 18.7 Å². The van der Waals surface area contributed by atoms with Crippen molar-refractivity contribution in [2.75, 3.05) is 39.8 Å². The van der Waals surface area contributed by atoms with Gasteiger partial charge in [-0.15, -0.1) is 4.68 Å². The lowest BCUT2D eigenvalue weighted by Gasteiger charge is -2.29. The summed E-state index contributed by atoms with van der Waals surface area (Å²) in [6, 6.07) is 1.64. The van der Waals surface area contributed by atoms with Crippen LogP contribution in [0, 0.1) is 0 Å². The molecule has 9 nitrogen and oxygen atoms in total. The lowest BCUT2D eigenvalue weighted by molar-refractivity contribution is -0.677. The number of aromatic nitrogens is 4. The second kappa shape index (κ2) is 12.5. The lowest BCUT2D eigenvalue weighted by atomic mass is 9.96. The van der Waals surface area contributed by atoms with Crippen LogP contribution in [0.5, 0.6) is 5.75 Å². The number of hydrogen-bond donors (Lipinski definition) is 1. The number of allylic oxidation sites excluding steroid dienone is 5. The predicted molar refractivity (Wildman–Crippen MR) is 150 cm³/mol. The van der Waals surface area contributed by atoms with E-state index in [0.717, 1.165) is 24.2 Å². The van der Waals surface area contributed by atoms with E-state index in [4.69, 9.17) is 4.74 Å². The van der Waals surface area contributed by atoms with Crippen molar-refractivity contribution in [1.82, 2.24) is 25.1 Å². The molecule has 2 aliphatic heterocycles. The van der Waals surface area contributed by atoms with E-state index in [1.807, 2.05) is 48.6 Å². The zero-order valence-electron chi connectivity index (χ0n) is 23.4. The van der Waals surface area contributed by atoms with Crippen molar-refractivity contribution in [2.45, 2.75) is 44.8 Å². The van der Waals surface area contributed by atoms with Crippen LogP contribution in [0.15, 0.2) is 59.8 Å².